The lowest BCUT2D eigenvalue weighted by molar-refractivity contribution is -0.0818. The highest BCUT2D eigenvalue weighted by Gasteiger charge is 2.13. The molecule has 1 fully saturated rings. The minimum Gasteiger partial charge on any atom is -0.381 e. The van der Waals surface area contributed by atoms with Gasteiger partial charge in [-0.2, -0.15) is 0 Å². The lowest BCUT2D eigenvalue weighted by atomic mass is 10.3. The molecule has 0 aliphatic carbocycles. The molecule has 4 nitrogen and oxygen atoms in total. The maximum absolute atomic E-state index is 5.52. The van der Waals surface area contributed by atoms with Crippen LogP contribution in [0.25, 0.3) is 0 Å². The number of pyridine rings is 1. The van der Waals surface area contributed by atoms with Crippen LogP contribution in [-0.2, 0) is 9.47 Å². The molecule has 0 spiro atoms. The topological polar surface area (TPSA) is 43.4 Å². The molecule has 1 unspecified atom stereocenters. The summed E-state index contributed by atoms with van der Waals surface area (Å²) < 4.78 is 10.8. The van der Waals surface area contributed by atoms with Gasteiger partial charge in [-0.25, -0.2) is 0 Å². The molecule has 1 saturated heterocycles. The van der Waals surface area contributed by atoms with Crippen LogP contribution in [0.3, 0.4) is 0 Å². The smallest absolute Gasteiger partial charge is 0.0981 e. The zero-order valence-electron chi connectivity index (χ0n) is 8.90. The molecule has 1 N–H and O–H groups in total. The van der Waals surface area contributed by atoms with E-state index >= 15 is 0 Å². The summed E-state index contributed by atoms with van der Waals surface area (Å²) >= 11 is 0. The predicted molar refractivity (Wildman–Crippen MR) is 58.0 cm³/mol. The molecule has 1 aliphatic rings. The van der Waals surface area contributed by atoms with Gasteiger partial charge in [-0.3, -0.25) is 4.98 Å². The van der Waals surface area contributed by atoms with Crippen LogP contribution < -0.4 is 5.32 Å². The van der Waals surface area contributed by atoms with Gasteiger partial charge in [0.15, 0.2) is 0 Å². The van der Waals surface area contributed by atoms with E-state index in [1.165, 1.54) is 0 Å². The standard InChI is InChI=1S/C11H16N2O2/c1-9-4-10(6-12-5-9)13-7-11-8-14-2-3-15-11/h4-6,11,13H,2-3,7-8H2,1H3. The first-order valence-corrected chi connectivity index (χ1v) is 5.19. The van der Waals surface area contributed by atoms with Crippen molar-refractivity contribution in [3.8, 4) is 0 Å². The minimum atomic E-state index is 0.152. The van der Waals surface area contributed by atoms with E-state index in [9.17, 15) is 0 Å². The summed E-state index contributed by atoms with van der Waals surface area (Å²) in [4.78, 5) is 4.11. The molecule has 0 saturated carbocycles. The second-order valence-corrected chi connectivity index (χ2v) is 3.70. The molecular weight excluding hydrogens is 192 g/mol. The first-order chi connectivity index (χ1) is 7.34. The number of hydrogen-bond acceptors (Lipinski definition) is 4. The predicted octanol–water partition coefficient (Wildman–Crippen LogP) is 1.22. The summed E-state index contributed by atoms with van der Waals surface area (Å²) in [5.74, 6) is 0. The second-order valence-electron chi connectivity index (χ2n) is 3.70. The molecular formula is C11H16N2O2. The highest BCUT2D eigenvalue weighted by atomic mass is 16.6. The number of hydrogen-bond donors (Lipinski definition) is 1. The highest BCUT2D eigenvalue weighted by Crippen LogP contribution is 2.08. The van der Waals surface area contributed by atoms with Crippen LogP contribution in [0.1, 0.15) is 5.56 Å². The Hall–Kier alpha value is -1.13. The van der Waals surface area contributed by atoms with Crippen molar-refractivity contribution in [1.82, 2.24) is 4.98 Å². The van der Waals surface area contributed by atoms with Crippen molar-refractivity contribution in [1.29, 1.82) is 0 Å². The largest absolute Gasteiger partial charge is 0.381 e. The van der Waals surface area contributed by atoms with Gasteiger partial charge < -0.3 is 14.8 Å². The van der Waals surface area contributed by atoms with Crippen LogP contribution in [0.2, 0.25) is 0 Å². The molecule has 0 radical (unpaired) electrons. The first kappa shape index (κ1) is 10.4. The van der Waals surface area contributed by atoms with Gasteiger partial charge in [-0.05, 0) is 18.6 Å². The van der Waals surface area contributed by atoms with E-state index in [1.807, 2.05) is 19.3 Å². The van der Waals surface area contributed by atoms with Crippen LogP contribution in [0.15, 0.2) is 18.5 Å². The Morgan fingerprint density at radius 1 is 1.47 bits per heavy atom. The summed E-state index contributed by atoms with van der Waals surface area (Å²) in [7, 11) is 0. The molecule has 0 bridgehead atoms. The summed E-state index contributed by atoms with van der Waals surface area (Å²) in [6.07, 6.45) is 3.81. The third kappa shape index (κ3) is 3.18. The number of anilines is 1. The molecule has 0 aromatic carbocycles. The molecule has 4 heteroatoms. The Labute approximate surface area is 89.6 Å². The maximum atomic E-state index is 5.52. The Morgan fingerprint density at radius 2 is 2.40 bits per heavy atom. The Kier molecular flexibility index (Phi) is 3.53. The lowest BCUT2D eigenvalue weighted by Gasteiger charge is -2.23. The summed E-state index contributed by atoms with van der Waals surface area (Å²) in [5.41, 5.74) is 2.19. The first-order valence-electron chi connectivity index (χ1n) is 5.19. The normalized spacial score (nSPS) is 21.3. The number of aromatic nitrogens is 1. The van der Waals surface area contributed by atoms with Gasteiger partial charge >= 0.3 is 0 Å². The Bertz CT molecular complexity index is 311. The fraction of sp³-hybridized carbons (Fsp3) is 0.545. The molecule has 15 heavy (non-hydrogen) atoms. The van der Waals surface area contributed by atoms with Crippen LogP contribution in [-0.4, -0.2) is 37.5 Å². The molecule has 82 valence electrons. The van der Waals surface area contributed by atoms with Crippen LogP contribution in [0.4, 0.5) is 5.69 Å². The van der Waals surface area contributed by atoms with Crippen LogP contribution >= 0.6 is 0 Å². The van der Waals surface area contributed by atoms with Gasteiger partial charge in [0.25, 0.3) is 0 Å². The number of ether oxygens (including phenoxy) is 2. The number of nitrogens with zero attached hydrogens (tertiary/aromatic N) is 1. The third-order valence-corrected chi connectivity index (χ3v) is 2.29. The summed E-state index contributed by atoms with van der Waals surface area (Å²) in [6, 6.07) is 2.07. The van der Waals surface area contributed by atoms with E-state index in [-0.39, 0.29) is 6.10 Å². The lowest BCUT2D eigenvalue weighted by Crippen LogP contribution is -2.34. The molecule has 1 atom stereocenters. The van der Waals surface area contributed by atoms with Crippen molar-refractivity contribution in [3.63, 3.8) is 0 Å². The second kappa shape index (κ2) is 5.09. The van der Waals surface area contributed by atoms with Crippen molar-refractivity contribution in [2.45, 2.75) is 13.0 Å². The zero-order valence-corrected chi connectivity index (χ0v) is 8.90. The fourth-order valence-electron chi connectivity index (χ4n) is 1.54. The Balaban J connectivity index is 1.81. The van der Waals surface area contributed by atoms with Gasteiger partial charge in [0.2, 0.25) is 0 Å². The molecule has 0 amide bonds. The van der Waals surface area contributed by atoms with Gasteiger partial charge in [-0.1, -0.05) is 0 Å². The van der Waals surface area contributed by atoms with Crippen molar-refractivity contribution in [3.05, 3.63) is 24.0 Å². The van der Waals surface area contributed by atoms with Crippen molar-refractivity contribution in [2.75, 3.05) is 31.7 Å². The highest BCUT2D eigenvalue weighted by molar-refractivity contribution is 5.42. The zero-order chi connectivity index (χ0) is 10.5. The minimum absolute atomic E-state index is 0.152. The van der Waals surface area contributed by atoms with E-state index < -0.39 is 0 Å². The van der Waals surface area contributed by atoms with Gasteiger partial charge in [0.1, 0.15) is 0 Å². The van der Waals surface area contributed by atoms with Crippen molar-refractivity contribution >= 4 is 5.69 Å². The maximum Gasteiger partial charge on any atom is 0.0981 e. The van der Waals surface area contributed by atoms with Crippen LogP contribution in [0, 0.1) is 6.92 Å². The van der Waals surface area contributed by atoms with E-state index in [4.69, 9.17) is 9.47 Å². The van der Waals surface area contributed by atoms with Gasteiger partial charge in [-0.15, -0.1) is 0 Å². The average molecular weight is 208 g/mol. The molecule has 2 heterocycles. The van der Waals surface area contributed by atoms with E-state index in [0.717, 1.165) is 17.8 Å². The number of rotatable bonds is 3. The van der Waals surface area contributed by atoms with E-state index in [2.05, 4.69) is 16.4 Å². The molecule has 2 rings (SSSR count). The average Bonchev–Trinajstić information content (AvgIpc) is 2.28. The van der Waals surface area contributed by atoms with E-state index in [0.29, 0.717) is 19.8 Å². The SMILES string of the molecule is Cc1cncc(NCC2COCCO2)c1. The number of nitrogens with one attached hydrogen (secondary N) is 1. The van der Waals surface area contributed by atoms with Crippen LogP contribution in [0.5, 0.6) is 0 Å². The summed E-state index contributed by atoms with van der Waals surface area (Å²) in [5, 5.41) is 3.29. The molecule has 1 aliphatic heterocycles. The molecule has 1 aromatic heterocycles. The van der Waals surface area contributed by atoms with Gasteiger partial charge in [0, 0.05) is 18.9 Å². The van der Waals surface area contributed by atoms with E-state index in [1.54, 1.807) is 0 Å². The van der Waals surface area contributed by atoms with Gasteiger partial charge in [0.05, 0.1) is 31.6 Å². The van der Waals surface area contributed by atoms with Crippen molar-refractivity contribution in [2.24, 2.45) is 0 Å². The molecule has 1 aromatic rings. The van der Waals surface area contributed by atoms with Crippen molar-refractivity contribution < 1.29 is 9.47 Å². The number of aryl methyl sites for hydroxylation is 1. The fourth-order valence-corrected chi connectivity index (χ4v) is 1.54. The Morgan fingerprint density at radius 3 is 3.13 bits per heavy atom. The monoisotopic (exact) mass is 208 g/mol. The summed E-state index contributed by atoms with van der Waals surface area (Å²) in [6.45, 7) is 4.87. The third-order valence-electron chi connectivity index (χ3n) is 2.29. The quantitative estimate of drug-likeness (QED) is 0.811.